The van der Waals surface area contributed by atoms with E-state index in [1.807, 2.05) is 0 Å². The van der Waals surface area contributed by atoms with E-state index in [4.69, 9.17) is 4.74 Å². The minimum absolute atomic E-state index is 0.0343. The van der Waals surface area contributed by atoms with Crippen LogP contribution in [0.5, 0.6) is 0 Å². The van der Waals surface area contributed by atoms with Gasteiger partial charge in [-0.25, -0.2) is 0 Å². The van der Waals surface area contributed by atoms with Crippen molar-refractivity contribution in [3.63, 3.8) is 0 Å². The molecule has 1 aromatic rings. The molecule has 1 aromatic heterocycles. The van der Waals surface area contributed by atoms with E-state index in [2.05, 4.69) is 10.6 Å². The van der Waals surface area contributed by atoms with Gasteiger partial charge in [0.15, 0.2) is 0 Å². The largest absolute Gasteiger partial charge is 0.378 e. The predicted octanol–water partition coefficient (Wildman–Crippen LogP) is 0.373. The second kappa shape index (κ2) is 5.42. The number of carbonyl (C=O) groups is 1. The molecule has 2 heterocycles. The highest BCUT2D eigenvalue weighted by atomic mass is 32.1. The summed E-state index contributed by atoms with van der Waals surface area (Å²) in [5.74, 6) is -0.310. The molecule has 0 aromatic carbocycles. The van der Waals surface area contributed by atoms with Gasteiger partial charge in [0.1, 0.15) is 0 Å². The van der Waals surface area contributed by atoms with Gasteiger partial charge in [0.25, 0.3) is 5.91 Å². The van der Waals surface area contributed by atoms with Gasteiger partial charge < -0.3 is 15.4 Å². The van der Waals surface area contributed by atoms with Crippen molar-refractivity contribution in [1.29, 1.82) is 0 Å². The lowest BCUT2D eigenvalue weighted by molar-refractivity contribution is -0.380. The van der Waals surface area contributed by atoms with Crippen molar-refractivity contribution in [2.75, 3.05) is 20.2 Å². The average molecular weight is 271 g/mol. The molecule has 1 saturated heterocycles. The molecular weight excluding hydrogens is 258 g/mol. The molecule has 1 amide bonds. The van der Waals surface area contributed by atoms with Gasteiger partial charge in [0, 0.05) is 31.6 Å². The molecule has 98 valence electrons. The van der Waals surface area contributed by atoms with Crippen molar-refractivity contribution in [3.8, 4) is 0 Å². The first-order valence-electron chi connectivity index (χ1n) is 5.39. The first-order valence-corrected chi connectivity index (χ1v) is 6.27. The fraction of sp³-hybridized carbons (Fsp3) is 0.500. The van der Waals surface area contributed by atoms with Gasteiger partial charge in [-0.3, -0.25) is 14.9 Å². The molecule has 0 spiro atoms. The number of thiophene rings is 1. The SMILES string of the molecule is CO[C@H]1CNCC1NC(=O)c1csc([N+](=O)[O-])c1. The van der Waals surface area contributed by atoms with Crippen LogP contribution >= 0.6 is 11.3 Å². The quantitative estimate of drug-likeness (QED) is 0.609. The molecule has 1 fully saturated rings. The van der Waals surface area contributed by atoms with E-state index in [0.29, 0.717) is 18.7 Å². The van der Waals surface area contributed by atoms with Gasteiger partial charge >= 0.3 is 5.00 Å². The van der Waals surface area contributed by atoms with Crippen LogP contribution < -0.4 is 10.6 Å². The van der Waals surface area contributed by atoms with Crippen molar-refractivity contribution in [1.82, 2.24) is 10.6 Å². The number of nitrogens with zero attached hydrogens (tertiary/aromatic N) is 1. The number of methoxy groups -OCH3 is 1. The molecule has 1 unspecified atom stereocenters. The Hall–Kier alpha value is -1.51. The van der Waals surface area contributed by atoms with Crippen LogP contribution in [0.4, 0.5) is 5.00 Å². The number of ether oxygens (including phenoxy) is 1. The number of hydrogen-bond acceptors (Lipinski definition) is 6. The van der Waals surface area contributed by atoms with Gasteiger partial charge in [-0.15, -0.1) is 0 Å². The first kappa shape index (κ1) is 12.9. The third-order valence-electron chi connectivity index (χ3n) is 2.81. The van der Waals surface area contributed by atoms with Gasteiger partial charge in [0.2, 0.25) is 0 Å². The zero-order valence-electron chi connectivity index (χ0n) is 9.71. The first-order chi connectivity index (χ1) is 8.61. The minimum Gasteiger partial charge on any atom is -0.378 e. The third kappa shape index (κ3) is 2.66. The number of hydrogen-bond donors (Lipinski definition) is 2. The summed E-state index contributed by atoms with van der Waals surface area (Å²) in [7, 11) is 1.59. The van der Waals surface area contributed by atoms with E-state index in [0.717, 1.165) is 11.3 Å². The molecule has 2 atom stereocenters. The van der Waals surface area contributed by atoms with Gasteiger partial charge in [-0.05, 0) is 0 Å². The molecule has 2 N–H and O–H groups in total. The molecule has 0 bridgehead atoms. The maximum absolute atomic E-state index is 11.9. The molecule has 0 saturated carbocycles. The second-order valence-electron chi connectivity index (χ2n) is 3.94. The highest BCUT2D eigenvalue weighted by molar-refractivity contribution is 7.13. The standard InChI is InChI=1S/C10H13N3O4S/c1-17-8-4-11-3-7(8)12-10(14)6-2-9(13(15)16)18-5-6/h2,5,7-8,11H,3-4H2,1H3,(H,12,14)/t7?,8-/m0/s1. The van der Waals surface area contributed by atoms with Crippen LogP contribution in [0.3, 0.4) is 0 Å². The van der Waals surface area contributed by atoms with E-state index < -0.39 is 4.92 Å². The zero-order chi connectivity index (χ0) is 13.1. The monoisotopic (exact) mass is 271 g/mol. The summed E-state index contributed by atoms with van der Waals surface area (Å²) in [5.41, 5.74) is 0.313. The Morgan fingerprint density at radius 2 is 2.44 bits per heavy atom. The van der Waals surface area contributed by atoms with Crippen molar-refractivity contribution < 1.29 is 14.5 Å². The third-order valence-corrected chi connectivity index (χ3v) is 3.69. The van der Waals surface area contributed by atoms with Crippen molar-refractivity contribution >= 4 is 22.2 Å². The molecule has 1 aliphatic rings. The summed E-state index contributed by atoms with van der Waals surface area (Å²) >= 11 is 0.944. The summed E-state index contributed by atoms with van der Waals surface area (Å²) in [6.45, 7) is 1.32. The topological polar surface area (TPSA) is 93.5 Å². The summed E-state index contributed by atoms with van der Waals surface area (Å²) in [6.07, 6.45) is -0.0671. The van der Waals surface area contributed by atoms with Crippen LogP contribution in [0, 0.1) is 10.1 Å². The molecule has 0 aliphatic carbocycles. The highest BCUT2D eigenvalue weighted by Gasteiger charge is 2.29. The lowest BCUT2D eigenvalue weighted by atomic mass is 10.2. The fourth-order valence-corrected chi connectivity index (χ4v) is 2.54. The minimum atomic E-state index is -0.503. The Morgan fingerprint density at radius 3 is 3.06 bits per heavy atom. The van der Waals surface area contributed by atoms with Crippen LogP contribution in [0.15, 0.2) is 11.4 Å². The van der Waals surface area contributed by atoms with E-state index in [1.54, 1.807) is 7.11 Å². The molecule has 1 aliphatic heterocycles. The number of nitrogens with one attached hydrogen (secondary N) is 2. The van der Waals surface area contributed by atoms with Crippen LogP contribution in [0.1, 0.15) is 10.4 Å². The Kier molecular flexibility index (Phi) is 3.90. The van der Waals surface area contributed by atoms with E-state index >= 15 is 0 Å². The smallest absolute Gasteiger partial charge is 0.324 e. The molecule has 18 heavy (non-hydrogen) atoms. The molecule has 0 radical (unpaired) electrons. The molecule has 2 rings (SSSR count). The van der Waals surface area contributed by atoms with Crippen molar-refractivity contribution in [2.24, 2.45) is 0 Å². The van der Waals surface area contributed by atoms with Crippen LogP contribution in [-0.2, 0) is 4.74 Å². The number of amides is 1. The Morgan fingerprint density at radius 1 is 1.67 bits per heavy atom. The number of rotatable bonds is 4. The lowest BCUT2D eigenvalue weighted by Crippen LogP contribution is -2.43. The van der Waals surface area contributed by atoms with E-state index in [1.165, 1.54) is 11.4 Å². The molecule has 7 nitrogen and oxygen atoms in total. The van der Waals surface area contributed by atoms with Crippen molar-refractivity contribution in [3.05, 3.63) is 27.1 Å². The second-order valence-corrected chi connectivity index (χ2v) is 4.83. The summed E-state index contributed by atoms with van der Waals surface area (Å²) < 4.78 is 5.22. The fourth-order valence-electron chi connectivity index (χ4n) is 1.84. The molecule has 8 heteroatoms. The summed E-state index contributed by atoms with van der Waals surface area (Å²) in [4.78, 5) is 21.9. The van der Waals surface area contributed by atoms with E-state index in [9.17, 15) is 14.9 Å². The van der Waals surface area contributed by atoms with Gasteiger partial charge in [0.05, 0.1) is 22.6 Å². The van der Waals surface area contributed by atoms with E-state index in [-0.39, 0.29) is 23.1 Å². The number of carbonyl (C=O) groups excluding carboxylic acids is 1. The Labute approximate surface area is 107 Å². The predicted molar refractivity (Wildman–Crippen MR) is 65.9 cm³/mol. The summed E-state index contributed by atoms with van der Waals surface area (Å²) in [5, 5.41) is 17.9. The zero-order valence-corrected chi connectivity index (χ0v) is 10.5. The maximum atomic E-state index is 11.9. The normalized spacial score (nSPS) is 22.9. The average Bonchev–Trinajstić information content (AvgIpc) is 2.96. The van der Waals surface area contributed by atoms with Crippen LogP contribution in [-0.4, -0.2) is 43.2 Å². The Balaban J connectivity index is 2.00. The van der Waals surface area contributed by atoms with Crippen LogP contribution in [0.25, 0.3) is 0 Å². The molecular formula is C10H13N3O4S. The van der Waals surface area contributed by atoms with Gasteiger partial charge in [-0.2, -0.15) is 0 Å². The summed E-state index contributed by atoms with van der Waals surface area (Å²) in [6, 6.07) is 1.17. The highest BCUT2D eigenvalue weighted by Crippen LogP contribution is 2.22. The maximum Gasteiger partial charge on any atom is 0.324 e. The van der Waals surface area contributed by atoms with Crippen molar-refractivity contribution in [2.45, 2.75) is 12.1 Å². The lowest BCUT2D eigenvalue weighted by Gasteiger charge is -2.17. The van der Waals surface area contributed by atoms with Crippen LogP contribution in [0.2, 0.25) is 0 Å². The van der Waals surface area contributed by atoms with Gasteiger partial charge in [-0.1, -0.05) is 11.3 Å². The number of nitro groups is 1. The Bertz CT molecular complexity index is 462.